The number of benzene rings is 1. The first-order valence-electron chi connectivity index (χ1n) is 4.38. The standard InChI is InChI=1S/C9H12F2O3Si/c10-7-2-1-6(5-8(7)11)3-4-9(12,13)14-15/h1-2,5,12-13H,3-4H2,15H3. The molecule has 1 aromatic rings. The largest absolute Gasteiger partial charge is 0.381 e. The fraction of sp³-hybridized carbons (Fsp3) is 0.333. The van der Waals surface area contributed by atoms with Gasteiger partial charge in [-0.05, 0) is 24.1 Å². The monoisotopic (exact) mass is 234 g/mol. The van der Waals surface area contributed by atoms with Crippen molar-refractivity contribution in [1.29, 1.82) is 0 Å². The molecule has 0 unspecified atom stereocenters. The lowest BCUT2D eigenvalue weighted by molar-refractivity contribution is -0.294. The molecule has 0 atom stereocenters. The van der Waals surface area contributed by atoms with Crippen molar-refractivity contribution in [3.8, 4) is 0 Å². The van der Waals surface area contributed by atoms with Crippen molar-refractivity contribution in [2.75, 3.05) is 0 Å². The molecule has 0 radical (unpaired) electrons. The van der Waals surface area contributed by atoms with E-state index in [1.807, 2.05) is 0 Å². The highest BCUT2D eigenvalue weighted by atomic mass is 28.2. The minimum atomic E-state index is -2.17. The minimum Gasteiger partial charge on any atom is -0.381 e. The Kier molecular flexibility index (Phi) is 3.92. The number of hydrogen-bond donors (Lipinski definition) is 2. The summed E-state index contributed by atoms with van der Waals surface area (Å²) in [5.74, 6) is -4.03. The zero-order valence-corrected chi connectivity index (χ0v) is 10.2. The molecule has 0 aromatic heterocycles. The second-order valence-electron chi connectivity index (χ2n) is 3.20. The van der Waals surface area contributed by atoms with Gasteiger partial charge in [0.2, 0.25) is 0 Å². The van der Waals surface area contributed by atoms with E-state index in [1.165, 1.54) is 6.07 Å². The first-order valence-corrected chi connectivity index (χ1v) is 5.20. The fourth-order valence-electron chi connectivity index (χ4n) is 1.10. The van der Waals surface area contributed by atoms with Crippen LogP contribution in [0.15, 0.2) is 18.2 Å². The van der Waals surface area contributed by atoms with Crippen molar-refractivity contribution in [3.05, 3.63) is 35.4 Å². The highest BCUT2D eigenvalue weighted by Crippen LogP contribution is 2.14. The zero-order valence-electron chi connectivity index (χ0n) is 8.20. The molecule has 0 bridgehead atoms. The van der Waals surface area contributed by atoms with E-state index in [0.717, 1.165) is 12.1 Å². The predicted octanol–water partition coefficient (Wildman–Crippen LogP) is -0.167. The van der Waals surface area contributed by atoms with Crippen molar-refractivity contribution in [3.63, 3.8) is 0 Å². The molecule has 0 aliphatic carbocycles. The van der Waals surface area contributed by atoms with Gasteiger partial charge < -0.3 is 14.6 Å². The first kappa shape index (κ1) is 12.2. The Bertz CT molecular complexity index is 344. The van der Waals surface area contributed by atoms with Crippen molar-refractivity contribution < 1.29 is 23.4 Å². The van der Waals surface area contributed by atoms with Crippen LogP contribution < -0.4 is 0 Å². The Labute approximate surface area is 88.9 Å². The van der Waals surface area contributed by atoms with Crippen molar-refractivity contribution >= 4 is 10.5 Å². The van der Waals surface area contributed by atoms with Gasteiger partial charge in [0.05, 0.1) is 0 Å². The molecule has 0 aliphatic heterocycles. The van der Waals surface area contributed by atoms with Crippen LogP contribution in [0.3, 0.4) is 0 Å². The zero-order chi connectivity index (χ0) is 11.5. The van der Waals surface area contributed by atoms with Gasteiger partial charge in [0, 0.05) is 6.42 Å². The van der Waals surface area contributed by atoms with Crippen LogP contribution in [0.25, 0.3) is 0 Å². The lowest BCUT2D eigenvalue weighted by Crippen LogP contribution is -2.31. The van der Waals surface area contributed by atoms with Crippen molar-refractivity contribution in [2.45, 2.75) is 18.8 Å². The molecule has 84 valence electrons. The van der Waals surface area contributed by atoms with Gasteiger partial charge in [-0.15, -0.1) is 0 Å². The molecular formula is C9H12F2O3Si. The summed E-state index contributed by atoms with van der Waals surface area (Å²) >= 11 is 0. The Balaban J connectivity index is 2.62. The van der Waals surface area contributed by atoms with Gasteiger partial charge in [-0.1, -0.05) is 6.07 Å². The molecule has 1 aromatic carbocycles. The topological polar surface area (TPSA) is 49.7 Å². The van der Waals surface area contributed by atoms with Crippen LogP contribution in [0.5, 0.6) is 0 Å². The third-order valence-corrected chi connectivity index (χ3v) is 2.70. The predicted molar refractivity (Wildman–Crippen MR) is 52.9 cm³/mol. The Hall–Kier alpha value is -0.823. The molecule has 3 nitrogen and oxygen atoms in total. The lowest BCUT2D eigenvalue weighted by atomic mass is 10.1. The average Bonchev–Trinajstić information content (AvgIpc) is 2.20. The van der Waals surface area contributed by atoms with E-state index in [0.29, 0.717) is 5.56 Å². The van der Waals surface area contributed by atoms with Crippen LogP contribution >= 0.6 is 0 Å². The van der Waals surface area contributed by atoms with E-state index >= 15 is 0 Å². The number of hydrogen-bond acceptors (Lipinski definition) is 3. The van der Waals surface area contributed by atoms with E-state index in [2.05, 4.69) is 4.43 Å². The van der Waals surface area contributed by atoms with E-state index in [1.54, 1.807) is 0 Å². The van der Waals surface area contributed by atoms with Crippen LogP contribution in [0.1, 0.15) is 12.0 Å². The van der Waals surface area contributed by atoms with Gasteiger partial charge in [0.1, 0.15) is 0 Å². The van der Waals surface area contributed by atoms with Gasteiger partial charge in [-0.2, -0.15) is 0 Å². The molecule has 0 spiro atoms. The summed E-state index contributed by atoms with van der Waals surface area (Å²) in [6, 6.07) is 3.42. The molecule has 0 saturated heterocycles. The van der Waals surface area contributed by atoms with E-state index in [9.17, 15) is 8.78 Å². The molecule has 15 heavy (non-hydrogen) atoms. The second-order valence-corrected chi connectivity index (χ2v) is 3.60. The van der Waals surface area contributed by atoms with Gasteiger partial charge in [-0.25, -0.2) is 8.78 Å². The number of rotatable bonds is 4. The summed E-state index contributed by atoms with van der Waals surface area (Å²) in [6.07, 6.45) is 0.119. The highest BCUT2D eigenvalue weighted by Gasteiger charge is 2.20. The lowest BCUT2D eigenvalue weighted by Gasteiger charge is -2.19. The maximum atomic E-state index is 12.8. The Morgan fingerprint density at radius 2 is 1.93 bits per heavy atom. The third-order valence-electron chi connectivity index (χ3n) is 2.05. The van der Waals surface area contributed by atoms with Crippen LogP contribution in [0.4, 0.5) is 8.78 Å². The van der Waals surface area contributed by atoms with Crippen molar-refractivity contribution in [1.82, 2.24) is 0 Å². The molecule has 0 heterocycles. The van der Waals surface area contributed by atoms with Crippen LogP contribution in [0, 0.1) is 11.6 Å². The quantitative estimate of drug-likeness (QED) is 0.562. The SMILES string of the molecule is OC(O)(CCc1ccc(F)c(F)c1)O[SiH3]. The molecule has 2 N–H and O–H groups in total. The molecule has 1 rings (SSSR count). The first-order chi connectivity index (χ1) is 6.94. The Morgan fingerprint density at radius 3 is 2.47 bits per heavy atom. The fourth-order valence-corrected chi connectivity index (χ4v) is 1.31. The van der Waals surface area contributed by atoms with Crippen molar-refractivity contribution in [2.24, 2.45) is 0 Å². The van der Waals surface area contributed by atoms with Crippen LogP contribution in [-0.2, 0) is 10.8 Å². The molecule has 0 aliphatic rings. The molecule has 0 fully saturated rings. The Morgan fingerprint density at radius 1 is 1.27 bits per heavy atom. The minimum absolute atomic E-state index is 0.0818. The summed E-state index contributed by atoms with van der Waals surface area (Å²) in [5, 5.41) is 18.2. The maximum Gasteiger partial charge on any atom is 0.267 e. The van der Waals surface area contributed by atoms with Crippen LogP contribution in [-0.4, -0.2) is 26.7 Å². The van der Waals surface area contributed by atoms with Gasteiger partial charge in [0.25, 0.3) is 5.97 Å². The second kappa shape index (κ2) is 4.80. The summed E-state index contributed by atoms with van der Waals surface area (Å²) in [7, 11) is 0.187. The average molecular weight is 234 g/mol. The highest BCUT2D eigenvalue weighted by molar-refractivity contribution is 5.98. The molecular weight excluding hydrogens is 222 g/mol. The smallest absolute Gasteiger partial charge is 0.267 e. The number of aliphatic hydroxyl groups is 2. The summed E-state index contributed by atoms with van der Waals surface area (Å²) in [4.78, 5) is 0. The number of aryl methyl sites for hydroxylation is 1. The molecule has 0 saturated carbocycles. The molecule has 0 amide bonds. The summed E-state index contributed by atoms with van der Waals surface area (Å²) < 4.78 is 29.8. The normalized spacial score (nSPS) is 12.0. The summed E-state index contributed by atoms with van der Waals surface area (Å²) in [5.41, 5.74) is 0.486. The van der Waals surface area contributed by atoms with Crippen LogP contribution in [0.2, 0.25) is 0 Å². The van der Waals surface area contributed by atoms with E-state index in [4.69, 9.17) is 10.2 Å². The maximum absolute atomic E-state index is 12.8. The summed E-state index contributed by atoms with van der Waals surface area (Å²) in [6.45, 7) is 0. The van der Waals surface area contributed by atoms with Gasteiger partial charge in [0.15, 0.2) is 22.1 Å². The van der Waals surface area contributed by atoms with Gasteiger partial charge >= 0.3 is 0 Å². The van der Waals surface area contributed by atoms with Gasteiger partial charge in [-0.3, -0.25) is 0 Å². The number of halogens is 2. The van der Waals surface area contributed by atoms with E-state index < -0.39 is 17.6 Å². The molecule has 6 heteroatoms. The third kappa shape index (κ3) is 3.67. The van der Waals surface area contributed by atoms with E-state index in [-0.39, 0.29) is 23.3 Å².